The van der Waals surface area contributed by atoms with Crippen LogP contribution in [0.2, 0.25) is 0 Å². The van der Waals surface area contributed by atoms with Crippen LogP contribution in [0.25, 0.3) is 0 Å². The highest BCUT2D eigenvalue weighted by molar-refractivity contribution is 6.03. The van der Waals surface area contributed by atoms with E-state index in [9.17, 15) is 29.2 Å². The van der Waals surface area contributed by atoms with Crippen molar-refractivity contribution < 1.29 is 24.0 Å². The lowest BCUT2D eigenvalue weighted by atomic mass is 10.2. The number of hydrazone groups is 1. The van der Waals surface area contributed by atoms with Crippen LogP contribution in [0.3, 0.4) is 0 Å². The van der Waals surface area contributed by atoms with Gasteiger partial charge in [0, 0.05) is 17.3 Å². The molecule has 0 bridgehead atoms. The zero-order valence-electron chi connectivity index (χ0n) is 13.2. The molecule has 26 heavy (non-hydrogen) atoms. The van der Waals surface area contributed by atoms with Crippen molar-refractivity contribution in [3.05, 3.63) is 64.0 Å². The summed E-state index contributed by atoms with van der Waals surface area (Å²) in [6, 6.07) is 8.58. The second kappa shape index (κ2) is 8.33. The Labute approximate surface area is 146 Å². The number of nitro benzene ring substituents is 1. The Kier molecular flexibility index (Phi) is 5.93. The van der Waals surface area contributed by atoms with Gasteiger partial charge in [0.05, 0.1) is 11.1 Å². The molecule has 2 amide bonds. The number of aromatic hydroxyl groups is 1. The molecule has 0 heterocycles. The maximum Gasteiger partial charge on any atom is 0.311 e. The Morgan fingerprint density at radius 1 is 1.19 bits per heavy atom. The smallest absolute Gasteiger partial charge is 0.311 e. The van der Waals surface area contributed by atoms with E-state index in [1.54, 1.807) is 0 Å². The minimum absolute atomic E-state index is 0.269. The van der Waals surface area contributed by atoms with Gasteiger partial charge in [-0.3, -0.25) is 19.7 Å². The van der Waals surface area contributed by atoms with Gasteiger partial charge in [0.25, 0.3) is 0 Å². The van der Waals surface area contributed by atoms with Gasteiger partial charge >= 0.3 is 5.69 Å². The molecule has 0 fully saturated rings. The number of carbonyl (C=O) groups is 2. The number of amides is 2. The molecular formula is C16H13FN4O5. The Bertz CT molecular complexity index is 867. The number of hydrogen-bond donors (Lipinski definition) is 3. The first kappa shape index (κ1) is 18.5. The number of halogens is 1. The van der Waals surface area contributed by atoms with Crippen molar-refractivity contribution in [1.82, 2.24) is 5.43 Å². The maximum atomic E-state index is 12.8. The predicted molar refractivity (Wildman–Crippen MR) is 90.1 cm³/mol. The van der Waals surface area contributed by atoms with Crippen LogP contribution in [0.1, 0.15) is 12.0 Å². The average molecular weight is 360 g/mol. The lowest BCUT2D eigenvalue weighted by molar-refractivity contribution is -0.385. The molecule has 0 atom stereocenters. The number of hydrogen-bond acceptors (Lipinski definition) is 6. The first-order chi connectivity index (χ1) is 12.3. The van der Waals surface area contributed by atoms with Crippen LogP contribution < -0.4 is 10.7 Å². The number of rotatable bonds is 6. The summed E-state index contributed by atoms with van der Waals surface area (Å²) in [6.45, 7) is 0. The van der Waals surface area contributed by atoms with Gasteiger partial charge in [-0.05, 0) is 36.4 Å². The lowest BCUT2D eigenvalue weighted by Crippen LogP contribution is -2.24. The first-order valence-electron chi connectivity index (χ1n) is 7.20. The average Bonchev–Trinajstić information content (AvgIpc) is 2.58. The molecule has 134 valence electrons. The van der Waals surface area contributed by atoms with E-state index in [2.05, 4.69) is 15.8 Å². The van der Waals surface area contributed by atoms with Crippen LogP contribution in [0, 0.1) is 15.9 Å². The van der Waals surface area contributed by atoms with Crippen LogP contribution in [0.5, 0.6) is 5.75 Å². The first-order valence-corrected chi connectivity index (χ1v) is 7.20. The maximum absolute atomic E-state index is 12.8. The summed E-state index contributed by atoms with van der Waals surface area (Å²) >= 11 is 0. The topological polar surface area (TPSA) is 134 Å². The van der Waals surface area contributed by atoms with Crippen molar-refractivity contribution in [2.45, 2.75) is 6.42 Å². The summed E-state index contributed by atoms with van der Waals surface area (Å²) in [6.07, 6.45) is 0.604. The van der Waals surface area contributed by atoms with Gasteiger partial charge in [-0.25, -0.2) is 9.82 Å². The monoisotopic (exact) mass is 360 g/mol. The molecule has 3 N–H and O–H groups in total. The molecular weight excluding hydrogens is 347 g/mol. The standard InChI is InChI=1S/C16H13FN4O5/c17-11-2-4-12(5-3-11)19-15(23)8-16(24)20-18-9-10-1-6-14(22)13(7-10)21(25)26/h1-7,9,22H,8H2,(H,19,23)(H,20,24)/b18-9+. The van der Waals surface area contributed by atoms with Crippen LogP contribution >= 0.6 is 0 Å². The minimum atomic E-state index is -0.759. The van der Waals surface area contributed by atoms with Crippen molar-refractivity contribution in [1.29, 1.82) is 0 Å². The number of anilines is 1. The molecule has 0 radical (unpaired) electrons. The molecule has 0 aliphatic carbocycles. The Morgan fingerprint density at radius 3 is 2.54 bits per heavy atom. The Morgan fingerprint density at radius 2 is 1.88 bits per heavy atom. The summed E-state index contributed by atoms with van der Waals surface area (Å²) < 4.78 is 12.8. The van der Waals surface area contributed by atoms with Gasteiger partial charge in [0.1, 0.15) is 12.2 Å². The summed E-state index contributed by atoms with van der Waals surface area (Å²) in [5.41, 5.74) is 2.20. The fourth-order valence-corrected chi connectivity index (χ4v) is 1.87. The second-order valence-electron chi connectivity index (χ2n) is 5.03. The van der Waals surface area contributed by atoms with E-state index in [1.165, 1.54) is 18.2 Å². The molecule has 0 aliphatic rings. The number of nitrogens with zero attached hydrogens (tertiary/aromatic N) is 2. The normalized spacial score (nSPS) is 10.5. The molecule has 0 saturated heterocycles. The van der Waals surface area contributed by atoms with E-state index in [1.807, 2.05) is 0 Å². The molecule has 10 heteroatoms. The minimum Gasteiger partial charge on any atom is -0.502 e. The molecule has 9 nitrogen and oxygen atoms in total. The molecule has 2 aromatic carbocycles. The van der Waals surface area contributed by atoms with Crippen molar-refractivity contribution >= 4 is 29.4 Å². The summed E-state index contributed by atoms with van der Waals surface area (Å²) in [5, 5.41) is 26.0. The Balaban J connectivity index is 1.87. The third-order valence-electron chi connectivity index (χ3n) is 3.05. The van der Waals surface area contributed by atoms with Crippen LogP contribution in [-0.4, -0.2) is 28.1 Å². The number of phenols is 1. The van der Waals surface area contributed by atoms with Crippen LogP contribution in [0.15, 0.2) is 47.6 Å². The molecule has 0 aliphatic heterocycles. The lowest BCUT2D eigenvalue weighted by Gasteiger charge is -2.04. The molecule has 0 unspecified atom stereocenters. The number of phenolic OH excluding ortho intramolecular Hbond substituents is 1. The van der Waals surface area contributed by atoms with Crippen LogP contribution in [0.4, 0.5) is 15.8 Å². The summed E-state index contributed by atoms with van der Waals surface area (Å²) in [4.78, 5) is 33.3. The van der Waals surface area contributed by atoms with E-state index in [0.717, 1.165) is 30.5 Å². The Hall–Kier alpha value is -3.82. The van der Waals surface area contributed by atoms with E-state index in [0.29, 0.717) is 5.69 Å². The fourth-order valence-electron chi connectivity index (χ4n) is 1.87. The predicted octanol–water partition coefficient (Wildman–Crippen LogP) is 1.92. The largest absolute Gasteiger partial charge is 0.502 e. The van der Waals surface area contributed by atoms with Crippen molar-refractivity contribution in [2.24, 2.45) is 5.10 Å². The zero-order valence-corrected chi connectivity index (χ0v) is 13.2. The summed E-state index contributed by atoms with van der Waals surface area (Å²) in [7, 11) is 0. The third-order valence-corrected chi connectivity index (χ3v) is 3.05. The van der Waals surface area contributed by atoms with E-state index >= 15 is 0 Å². The van der Waals surface area contributed by atoms with E-state index < -0.39 is 40.4 Å². The SMILES string of the molecule is O=C(CC(=O)Nc1ccc(F)cc1)N/N=C/c1ccc(O)c([N+](=O)[O-])c1. The highest BCUT2D eigenvalue weighted by atomic mass is 19.1. The van der Waals surface area contributed by atoms with Gasteiger partial charge in [-0.1, -0.05) is 0 Å². The number of nitrogens with one attached hydrogen (secondary N) is 2. The molecule has 0 spiro atoms. The van der Waals surface area contributed by atoms with Gasteiger partial charge in [0.15, 0.2) is 5.75 Å². The van der Waals surface area contributed by atoms with Gasteiger partial charge in [-0.15, -0.1) is 0 Å². The number of carbonyl (C=O) groups excluding carboxylic acids is 2. The molecule has 0 saturated carbocycles. The van der Waals surface area contributed by atoms with Crippen LogP contribution in [-0.2, 0) is 9.59 Å². The fraction of sp³-hybridized carbons (Fsp3) is 0.0625. The van der Waals surface area contributed by atoms with E-state index in [-0.39, 0.29) is 5.56 Å². The number of nitro groups is 1. The molecule has 0 aromatic heterocycles. The summed E-state index contributed by atoms with van der Waals surface area (Å²) in [5.74, 6) is -2.28. The quantitative estimate of drug-likeness (QED) is 0.313. The van der Waals surface area contributed by atoms with Gasteiger partial charge in [-0.2, -0.15) is 5.10 Å². The molecule has 2 rings (SSSR count). The van der Waals surface area contributed by atoms with Gasteiger partial charge < -0.3 is 10.4 Å². The van der Waals surface area contributed by atoms with Crippen molar-refractivity contribution in [3.63, 3.8) is 0 Å². The molecule has 2 aromatic rings. The van der Waals surface area contributed by atoms with E-state index in [4.69, 9.17) is 0 Å². The number of benzene rings is 2. The van der Waals surface area contributed by atoms with Crippen molar-refractivity contribution in [2.75, 3.05) is 5.32 Å². The highest BCUT2D eigenvalue weighted by Crippen LogP contribution is 2.25. The van der Waals surface area contributed by atoms with Gasteiger partial charge in [0.2, 0.25) is 11.8 Å². The third kappa shape index (κ3) is 5.37. The zero-order chi connectivity index (χ0) is 19.1. The highest BCUT2D eigenvalue weighted by Gasteiger charge is 2.13. The van der Waals surface area contributed by atoms with Crippen molar-refractivity contribution in [3.8, 4) is 5.75 Å². The second-order valence-corrected chi connectivity index (χ2v) is 5.03.